The highest BCUT2D eigenvalue weighted by Gasteiger charge is 2.07. The molecule has 0 fully saturated rings. The maximum Gasteiger partial charge on any atom is 0.262 e. The molecule has 0 saturated heterocycles. The van der Waals surface area contributed by atoms with Gasteiger partial charge in [0.05, 0.1) is 12.8 Å². The average molecular weight is 351 g/mol. The van der Waals surface area contributed by atoms with Crippen molar-refractivity contribution >= 4 is 33.2 Å². The molecule has 0 atom stereocenters. The van der Waals surface area contributed by atoms with Crippen LogP contribution in [0.5, 0.6) is 11.5 Å². The lowest BCUT2D eigenvalue weighted by Gasteiger charge is -2.10. The Labute approximate surface area is 131 Å². The maximum atomic E-state index is 11.9. The van der Waals surface area contributed by atoms with Crippen LogP contribution in [0.3, 0.4) is 0 Å². The summed E-state index contributed by atoms with van der Waals surface area (Å²) in [4.78, 5) is 11.9. The lowest BCUT2D eigenvalue weighted by molar-refractivity contribution is -0.118. The van der Waals surface area contributed by atoms with E-state index in [1.54, 1.807) is 49.6 Å². The smallest absolute Gasteiger partial charge is 0.262 e. The Balaban J connectivity index is 1.92. The summed E-state index contributed by atoms with van der Waals surface area (Å²) in [6, 6.07) is 12.2. The van der Waals surface area contributed by atoms with Crippen molar-refractivity contribution in [1.29, 1.82) is 0 Å². The van der Waals surface area contributed by atoms with E-state index in [4.69, 9.17) is 15.2 Å². The minimum absolute atomic E-state index is 0.0933. The summed E-state index contributed by atoms with van der Waals surface area (Å²) in [6.07, 6.45) is 0. The monoisotopic (exact) mass is 350 g/mol. The summed E-state index contributed by atoms with van der Waals surface area (Å²) in [7, 11) is 1.57. The highest BCUT2D eigenvalue weighted by Crippen LogP contribution is 2.24. The molecule has 21 heavy (non-hydrogen) atoms. The zero-order valence-corrected chi connectivity index (χ0v) is 13.0. The van der Waals surface area contributed by atoms with Crippen molar-refractivity contribution in [3.05, 3.63) is 46.9 Å². The highest BCUT2D eigenvalue weighted by molar-refractivity contribution is 9.10. The number of nitrogens with two attached hydrogens (primary N) is 1. The number of carbonyl (C=O) groups is 1. The van der Waals surface area contributed by atoms with Crippen molar-refractivity contribution in [2.75, 3.05) is 24.8 Å². The largest absolute Gasteiger partial charge is 0.497 e. The number of benzene rings is 2. The normalized spacial score (nSPS) is 10.0. The number of nitrogens with one attached hydrogen (secondary N) is 1. The van der Waals surface area contributed by atoms with Gasteiger partial charge in [-0.2, -0.15) is 0 Å². The first-order valence-electron chi connectivity index (χ1n) is 6.20. The minimum Gasteiger partial charge on any atom is -0.497 e. The second kappa shape index (κ2) is 6.99. The number of rotatable bonds is 5. The molecule has 0 bridgehead atoms. The Hall–Kier alpha value is -2.21. The number of anilines is 2. The first-order chi connectivity index (χ1) is 10.1. The van der Waals surface area contributed by atoms with Gasteiger partial charge in [0.25, 0.3) is 5.91 Å². The fourth-order valence-corrected chi connectivity index (χ4v) is 2.15. The molecule has 0 aliphatic carbocycles. The standard InChI is InChI=1S/C15H15BrN2O3/c1-20-11-3-2-4-12(8-11)21-9-15(19)18-14-6-5-10(17)7-13(14)16/h2-8H,9,17H2,1H3,(H,18,19). The van der Waals surface area contributed by atoms with E-state index >= 15 is 0 Å². The molecule has 6 heteroatoms. The Kier molecular flexibility index (Phi) is 5.05. The van der Waals surface area contributed by atoms with Crippen molar-refractivity contribution in [2.24, 2.45) is 0 Å². The van der Waals surface area contributed by atoms with E-state index in [-0.39, 0.29) is 12.5 Å². The van der Waals surface area contributed by atoms with Crippen LogP contribution in [0, 0.1) is 0 Å². The number of nitrogen functional groups attached to an aromatic ring is 1. The number of hydrogen-bond acceptors (Lipinski definition) is 4. The molecule has 110 valence electrons. The molecule has 0 aliphatic heterocycles. The van der Waals surface area contributed by atoms with E-state index in [0.717, 1.165) is 4.47 Å². The fraction of sp³-hybridized carbons (Fsp3) is 0.133. The van der Waals surface area contributed by atoms with Gasteiger partial charge in [-0.25, -0.2) is 0 Å². The summed E-state index contributed by atoms with van der Waals surface area (Å²) < 4.78 is 11.2. The van der Waals surface area contributed by atoms with Gasteiger partial charge >= 0.3 is 0 Å². The number of hydrogen-bond donors (Lipinski definition) is 2. The Morgan fingerprint density at radius 3 is 2.71 bits per heavy atom. The van der Waals surface area contributed by atoms with Crippen LogP contribution >= 0.6 is 15.9 Å². The predicted molar refractivity (Wildman–Crippen MR) is 85.7 cm³/mol. The Morgan fingerprint density at radius 2 is 2.00 bits per heavy atom. The molecule has 5 nitrogen and oxygen atoms in total. The van der Waals surface area contributed by atoms with Gasteiger partial charge in [-0.05, 0) is 46.3 Å². The topological polar surface area (TPSA) is 73.6 Å². The molecule has 0 saturated carbocycles. The summed E-state index contributed by atoms with van der Waals surface area (Å²) in [5.41, 5.74) is 6.90. The molecule has 2 aromatic carbocycles. The molecule has 3 N–H and O–H groups in total. The van der Waals surface area contributed by atoms with Gasteiger partial charge in [-0.1, -0.05) is 6.07 Å². The highest BCUT2D eigenvalue weighted by atomic mass is 79.9. The molecule has 0 spiro atoms. The quantitative estimate of drug-likeness (QED) is 0.812. The van der Waals surface area contributed by atoms with Crippen LogP contribution < -0.4 is 20.5 Å². The second-order valence-electron chi connectivity index (χ2n) is 4.26. The van der Waals surface area contributed by atoms with Crippen molar-refractivity contribution in [3.8, 4) is 11.5 Å². The zero-order chi connectivity index (χ0) is 15.2. The molecule has 0 radical (unpaired) electrons. The number of ether oxygens (including phenoxy) is 2. The predicted octanol–water partition coefficient (Wildman–Crippen LogP) is 3.06. The summed E-state index contributed by atoms with van der Waals surface area (Å²) in [5, 5.41) is 2.74. The van der Waals surface area contributed by atoms with E-state index in [9.17, 15) is 4.79 Å². The van der Waals surface area contributed by atoms with Crippen molar-refractivity contribution in [1.82, 2.24) is 0 Å². The number of amides is 1. The van der Waals surface area contributed by atoms with Gasteiger partial charge < -0.3 is 20.5 Å². The van der Waals surface area contributed by atoms with E-state index in [1.807, 2.05) is 0 Å². The SMILES string of the molecule is COc1cccc(OCC(=O)Nc2ccc(N)cc2Br)c1. The molecule has 0 unspecified atom stereocenters. The van der Waals surface area contributed by atoms with Crippen LogP contribution in [0.25, 0.3) is 0 Å². The van der Waals surface area contributed by atoms with E-state index in [0.29, 0.717) is 22.9 Å². The van der Waals surface area contributed by atoms with Crippen molar-refractivity contribution < 1.29 is 14.3 Å². The maximum absolute atomic E-state index is 11.9. The van der Waals surface area contributed by atoms with Gasteiger partial charge in [0.15, 0.2) is 6.61 Å². The van der Waals surface area contributed by atoms with Crippen LogP contribution in [-0.4, -0.2) is 19.6 Å². The van der Waals surface area contributed by atoms with Gasteiger partial charge in [-0.15, -0.1) is 0 Å². The summed E-state index contributed by atoms with van der Waals surface area (Å²) in [5.74, 6) is 0.985. The molecule has 2 aromatic rings. The van der Waals surface area contributed by atoms with E-state index in [1.165, 1.54) is 0 Å². The molecule has 1 amide bonds. The van der Waals surface area contributed by atoms with Gasteiger partial charge in [0.2, 0.25) is 0 Å². The van der Waals surface area contributed by atoms with E-state index in [2.05, 4.69) is 21.2 Å². The van der Waals surface area contributed by atoms with Crippen LogP contribution in [0.1, 0.15) is 0 Å². The molecule has 0 aliphatic rings. The fourth-order valence-electron chi connectivity index (χ4n) is 1.66. The molecular weight excluding hydrogens is 336 g/mol. The molecular formula is C15H15BrN2O3. The minimum atomic E-state index is -0.261. The third-order valence-corrected chi connectivity index (χ3v) is 3.33. The Bertz CT molecular complexity index is 647. The number of carbonyl (C=O) groups excluding carboxylic acids is 1. The van der Waals surface area contributed by atoms with Crippen LogP contribution in [-0.2, 0) is 4.79 Å². The summed E-state index contributed by atoms with van der Waals surface area (Å²) in [6.45, 7) is -0.0933. The Morgan fingerprint density at radius 1 is 1.24 bits per heavy atom. The number of methoxy groups -OCH3 is 1. The van der Waals surface area contributed by atoms with Crippen molar-refractivity contribution in [2.45, 2.75) is 0 Å². The van der Waals surface area contributed by atoms with Gasteiger partial charge in [0, 0.05) is 16.2 Å². The third-order valence-electron chi connectivity index (χ3n) is 2.68. The van der Waals surface area contributed by atoms with Crippen LogP contribution in [0.4, 0.5) is 11.4 Å². The number of halogens is 1. The molecule has 2 rings (SSSR count). The second-order valence-corrected chi connectivity index (χ2v) is 5.11. The first kappa shape index (κ1) is 15.2. The molecule has 0 heterocycles. The zero-order valence-electron chi connectivity index (χ0n) is 11.4. The van der Waals surface area contributed by atoms with Crippen molar-refractivity contribution in [3.63, 3.8) is 0 Å². The lowest BCUT2D eigenvalue weighted by atomic mass is 10.3. The van der Waals surface area contributed by atoms with Gasteiger partial charge in [-0.3, -0.25) is 4.79 Å². The first-order valence-corrected chi connectivity index (χ1v) is 6.99. The average Bonchev–Trinajstić information content (AvgIpc) is 2.48. The van der Waals surface area contributed by atoms with Crippen LogP contribution in [0.15, 0.2) is 46.9 Å². The molecule has 0 aromatic heterocycles. The lowest BCUT2D eigenvalue weighted by Crippen LogP contribution is -2.20. The third kappa shape index (κ3) is 4.39. The summed E-state index contributed by atoms with van der Waals surface area (Å²) >= 11 is 3.34. The van der Waals surface area contributed by atoms with Crippen LogP contribution in [0.2, 0.25) is 0 Å². The van der Waals surface area contributed by atoms with Gasteiger partial charge in [0.1, 0.15) is 11.5 Å². The van der Waals surface area contributed by atoms with E-state index < -0.39 is 0 Å².